The van der Waals surface area contributed by atoms with Gasteiger partial charge in [0.1, 0.15) is 24.2 Å². The molecule has 1 aromatic heterocycles. The summed E-state index contributed by atoms with van der Waals surface area (Å²) in [5, 5.41) is 10.5. The van der Waals surface area contributed by atoms with Gasteiger partial charge in [-0.3, -0.25) is 9.59 Å². The smallest absolute Gasteiger partial charge is 0.291 e. The number of nitrogens with one attached hydrogen (secondary N) is 2. The van der Waals surface area contributed by atoms with Gasteiger partial charge in [-0.1, -0.05) is 42.5 Å². The van der Waals surface area contributed by atoms with Gasteiger partial charge in [0.15, 0.2) is 0 Å². The second-order valence-electron chi connectivity index (χ2n) is 7.52. The van der Waals surface area contributed by atoms with Crippen LogP contribution in [0, 0.1) is 0 Å². The standard InChI is InChI=1S/C22H22N6O3/c1-27-16-9-5-6-10-17(16)31-13-15(22(27)30)24-21(29)19-25-20-18(14-7-3-2-4-8-14)23-11-12-28(20)26-19/h2-10,15,18,23H,11-13H2,1H3,(H,24,29). The van der Waals surface area contributed by atoms with Gasteiger partial charge in [-0.05, 0) is 17.7 Å². The van der Waals surface area contributed by atoms with E-state index in [-0.39, 0.29) is 24.4 Å². The predicted molar refractivity (Wildman–Crippen MR) is 113 cm³/mol. The number of anilines is 1. The molecular formula is C22H22N6O3. The number of aromatic nitrogens is 3. The summed E-state index contributed by atoms with van der Waals surface area (Å²) in [6.07, 6.45) is 0. The predicted octanol–water partition coefficient (Wildman–Crippen LogP) is 1.12. The second-order valence-corrected chi connectivity index (χ2v) is 7.52. The van der Waals surface area contributed by atoms with Crippen LogP contribution in [-0.2, 0) is 11.3 Å². The molecule has 9 heteroatoms. The van der Waals surface area contributed by atoms with Crippen LogP contribution in [0.4, 0.5) is 5.69 Å². The summed E-state index contributed by atoms with van der Waals surface area (Å²) in [6, 6.07) is 16.2. The van der Waals surface area contributed by atoms with E-state index in [2.05, 4.69) is 20.7 Å². The van der Waals surface area contributed by atoms with Gasteiger partial charge < -0.3 is 20.3 Å². The van der Waals surface area contributed by atoms with Crippen molar-refractivity contribution in [2.75, 3.05) is 25.1 Å². The van der Waals surface area contributed by atoms with Crippen molar-refractivity contribution in [3.63, 3.8) is 0 Å². The van der Waals surface area contributed by atoms with E-state index in [4.69, 9.17) is 4.74 Å². The highest BCUT2D eigenvalue weighted by Crippen LogP contribution is 2.30. The Morgan fingerprint density at radius 1 is 1.16 bits per heavy atom. The first kappa shape index (κ1) is 19.3. The Bertz CT molecular complexity index is 1130. The number of fused-ring (bicyclic) bond motifs is 2. The highest BCUT2D eigenvalue weighted by molar-refractivity contribution is 6.02. The van der Waals surface area contributed by atoms with Gasteiger partial charge in [0.2, 0.25) is 5.82 Å². The molecule has 0 aliphatic carbocycles. The highest BCUT2D eigenvalue weighted by Gasteiger charge is 2.33. The molecule has 0 bridgehead atoms. The lowest BCUT2D eigenvalue weighted by atomic mass is 10.1. The summed E-state index contributed by atoms with van der Waals surface area (Å²) >= 11 is 0. The van der Waals surface area contributed by atoms with Crippen LogP contribution < -0.4 is 20.3 Å². The van der Waals surface area contributed by atoms with Crippen LogP contribution in [0.1, 0.15) is 28.0 Å². The van der Waals surface area contributed by atoms with E-state index in [9.17, 15) is 9.59 Å². The van der Waals surface area contributed by atoms with E-state index in [1.165, 1.54) is 4.90 Å². The fraction of sp³-hybridized carbons (Fsp3) is 0.273. The Kier molecular flexibility index (Phi) is 4.87. The lowest BCUT2D eigenvalue weighted by Crippen LogP contribution is -2.49. The fourth-order valence-corrected chi connectivity index (χ4v) is 3.93. The molecule has 0 fully saturated rings. The van der Waals surface area contributed by atoms with E-state index in [1.807, 2.05) is 42.5 Å². The quantitative estimate of drug-likeness (QED) is 0.661. The average Bonchev–Trinajstić information content (AvgIpc) is 3.22. The molecule has 0 saturated heterocycles. The minimum atomic E-state index is -0.839. The van der Waals surface area contributed by atoms with Gasteiger partial charge in [-0.15, -0.1) is 5.10 Å². The highest BCUT2D eigenvalue weighted by atomic mass is 16.5. The summed E-state index contributed by atoms with van der Waals surface area (Å²) in [6.45, 7) is 1.37. The van der Waals surface area contributed by atoms with Gasteiger partial charge in [-0.25, -0.2) is 9.67 Å². The zero-order chi connectivity index (χ0) is 21.4. The third kappa shape index (κ3) is 3.53. The molecule has 0 spiro atoms. The van der Waals surface area contributed by atoms with Crippen molar-refractivity contribution < 1.29 is 14.3 Å². The normalized spacial score (nSPS) is 20.3. The third-order valence-corrected chi connectivity index (χ3v) is 5.53. The summed E-state index contributed by atoms with van der Waals surface area (Å²) in [7, 11) is 1.67. The summed E-state index contributed by atoms with van der Waals surface area (Å²) in [5.74, 6) is 0.552. The Morgan fingerprint density at radius 2 is 1.94 bits per heavy atom. The van der Waals surface area contributed by atoms with Crippen LogP contribution in [-0.4, -0.2) is 52.8 Å². The molecule has 2 N–H and O–H groups in total. The molecule has 9 nitrogen and oxygen atoms in total. The molecule has 31 heavy (non-hydrogen) atoms. The largest absolute Gasteiger partial charge is 0.489 e. The minimum absolute atomic E-state index is 0.0354. The molecule has 2 amide bonds. The molecule has 2 aliphatic heterocycles. The van der Waals surface area contributed by atoms with Crippen molar-refractivity contribution >= 4 is 17.5 Å². The average molecular weight is 418 g/mol. The van der Waals surface area contributed by atoms with Crippen molar-refractivity contribution in [1.29, 1.82) is 0 Å². The maximum Gasteiger partial charge on any atom is 0.291 e. The number of benzene rings is 2. The number of amides is 2. The summed E-state index contributed by atoms with van der Waals surface area (Å²) in [5.41, 5.74) is 1.71. The molecule has 2 aliphatic rings. The molecule has 0 radical (unpaired) electrons. The number of rotatable bonds is 3. The van der Waals surface area contributed by atoms with Gasteiger partial charge in [0.25, 0.3) is 11.8 Å². The molecule has 2 unspecified atom stereocenters. The van der Waals surface area contributed by atoms with Crippen molar-refractivity contribution in [3.05, 3.63) is 71.8 Å². The van der Waals surface area contributed by atoms with E-state index < -0.39 is 11.9 Å². The maximum absolute atomic E-state index is 12.9. The molecule has 2 aromatic carbocycles. The monoisotopic (exact) mass is 418 g/mol. The first-order valence-electron chi connectivity index (χ1n) is 10.1. The molecule has 158 valence electrons. The number of carbonyl (C=O) groups excluding carboxylic acids is 2. The van der Waals surface area contributed by atoms with Crippen LogP contribution in [0.2, 0.25) is 0 Å². The van der Waals surface area contributed by atoms with E-state index >= 15 is 0 Å². The zero-order valence-electron chi connectivity index (χ0n) is 17.0. The second kappa shape index (κ2) is 7.84. The van der Waals surface area contributed by atoms with E-state index in [0.717, 1.165) is 12.1 Å². The Morgan fingerprint density at radius 3 is 2.77 bits per heavy atom. The number of hydrogen-bond donors (Lipinski definition) is 2. The van der Waals surface area contributed by atoms with Crippen molar-refractivity contribution in [2.24, 2.45) is 0 Å². The number of para-hydroxylation sites is 2. The number of ether oxygens (including phenoxy) is 1. The van der Waals surface area contributed by atoms with Gasteiger partial charge in [0, 0.05) is 13.6 Å². The molecule has 3 aromatic rings. The Hall–Kier alpha value is -3.72. The third-order valence-electron chi connectivity index (χ3n) is 5.53. The van der Waals surface area contributed by atoms with Crippen LogP contribution in [0.3, 0.4) is 0 Å². The lowest BCUT2D eigenvalue weighted by molar-refractivity contribution is -0.120. The summed E-state index contributed by atoms with van der Waals surface area (Å²) in [4.78, 5) is 31.8. The van der Waals surface area contributed by atoms with Crippen LogP contribution in [0.25, 0.3) is 0 Å². The molecule has 5 rings (SSSR count). The van der Waals surface area contributed by atoms with Crippen molar-refractivity contribution in [3.8, 4) is 5.75 Å². The van der Waals surface area contributed by atoms with Crippen LogP contribution >= 0.6 is 0 Å². The van der Waals surface area contributed by atoms with Crippen molar-refractivity contribution in [1.82, 2.24) is 25.4 Å². The topological polar surface area (TPSA) is 101 Å². The Labute approximate surface area is 179 Å². The molecular weight excluding hydrogens is 396 g/mol. The Balaban J connectivity index is 1.36. The minimum Gasteiger partial charge on any atom is -0.489 e. The summed E-state index contributed by atoms with van der Waals surface area (Å²) < 4.78 is 7.51. The molecule has 0 saturated carbocycles. The van der Waals surface area contributed by atoms with E-state index in [0.29, 0.717) is 23.8 Å². The van der Waals surface area contributed by atoms with Gasteiger partial charge in [0.05, 0.1) is 18.3 Å². The number of hydrogen-bond acceptors (Lipinski definition) is 6. The molecule has 2 atom stereocenters. The zero-order valence-corrected chi connectivity index (χ0v) is 17.0. The lowest BCUT2D eigenvalue weighted by Gasteiger charge is -2.23. The number of nitrogens with zero attached hydrogens (tertiary/aromatic N) is 4. The number of carbonyl (C=O) groups is 2. The first-order valence-corrected chi connectivity index (χ1v) is 10.1. The fourth-order valence-electron chi connectivity index (χ4n) is 3.93. The first-order chi connectivity index (χ1) is 15.1. The van der Waals surface area contributed by atoms with Crippen LogP contribution in [0.15, 0.2) is 54.6 Å². The van der Waals surface area contributed by atoms with E-state index in [1.54, 1.807) is 23.9 Å². The SMILES string of the molecule is CN1C(=O)C(NC(=O)c2nc3n(n2)CCNC3c2ccccc2)COc2ccccc21. The maximum atomic E-state index is 12.9. The van der Waals surface area contributed by atoms with Crippen LogP contribution in [0.5, 0.6) is 5.75 Å². The number of likely N-dealkylation sites (N-methyl/N-ethyl adjacent to an activating group) is 1. The van der Waals surface area contributed by atoms with Crippen molar-refractivity contribution in [2.45, 2.75) is 18.6 Å². The van der Waals surface area contributed by atoms with Gasteiger partial charge in [-0.2, -0.15) is 0 Å². The van der Waals surface area contributed by atoms with Gasteiger partial charge >= 0.3 is 0 Å². The molecule has 3 heterocycles.